The summed E-state index contributed by atoms with van der Waals surface area (Å²) in [5.41, 5.74) is 3.23. The number of carbonyl (C=O) groups excluding carboxylic acids is 2. The molecule has 0 saturated carbocycles. The number of aryl methyl sites for hydroxylation is 1. The van der Waals surface area contributed by atoms with E-state index in [4.69, 9.17) is 4.74 Å². The SMILES string of the molecule is C/C=C(\O/C(C(=O)Nc1ccc(-c2ccc(C(=O)Nc3ccccc3CCC)cc2)cc1)=C(\C)C(F)(F)F)N1CCCC(C)C1. The van der Waals surface area contributed by atoms with E-state index in [9.17, 15) is 22.8 Å². The van der Waals surface area contributed by atoms with Crippen molar-refractivity contribution in [3.05, 3.63) is 107 Å². The summed E-state index contributed by atoms with van der Waals surface area (Å²) in [6.07, 6.45) is 0.602. The van der Waals surface area contributed by atoms with Gasteiger partial charge >= 0.3 is 6.18 Å². The first-order chi connectivity index (χ1) is 21.5. The van der Waals surface area contributed by atoms with Crippen molar-refractivity contribution in [2.75, 3.05) is 23.7 Å². The minimum absolute atomic E-state index is 0.209. The predicted molar refractivity (Wildman–Crippen MR) is 172 cm³/mol. The van der Waals surface area contributed by atoms with Crippen LogP contribution in [0, 0.1) is 5.92 Å². The molecule has 1 fully saturated rings. The lowest BCUT2D eigenvalue weighted by molar-refractivity contribution is -0.119. The molecule has 0 bridgehead atoms. The molecule has 45 heavy (non-hydrogen) atoms. The van der Waals surface area contributed by atoms with Crippen LogP contribution in [0.4, 0.5) is 24.5 Å². The quantitative estimate of drug-likeness (QED) is 0.176. The van der Waals surface area contributed by atoms with Crippen LogP contribution in [-0.4, -0.2) is 36.0 Å². The second-order valence-corrected chi connectivity index (χ2v) is 11.3. The molecular weight excluding hydrogens is 579 g/mol. The standard InChI is InChI=1S/C36H40F3N3O3/c1-5-10-28-12-7-8-13-31(28)41-34(43)29-16-14-26(15-17-29)27-18-20-30(21-19-27)40-35(44)33(25(4)36(37,38)39)45-32(6-2)42-22-9-11-24(3)23-42/h6-8,12-21,24H,5,9-11,22-23H2,1-4H3,(H,40,44)(H,41,43)/b32-6-,33-25+. The van der Waals surface area contributed by atoms with Gasteiger partial charge in [0.1, 0.15) is 0 Å². The van der Waals surface area contributed by atoms with Crippen LogP contribution >= 0.6 is 0 Å². The Morgan fingerprint density at radius 3 is 2.22 bits per heavy atom. The number of para-hydroxylation sites is 1. The molecule has 3 aromatic carbocycles. The molecular formula is C36H40F3N3O3. The lowest BCUT2D eigenvalue weighted by Crippen LogP contribution is -2.35. The van der Waals surface area contributed by atoms with Crippen LogP contribution in [0.15, 0.2) is 96.1 Å². The van der Waals surface area contributed by atoms with Crippen molar-refractivity contribution in [1.82, 2.24) is 4.90 Å². The van der Waals surface area contributed by atoms with Crippen LogP contribution in [0.2, 0.25) is 0 Å². The van der Waals surface area contributed by atoms with Gasteiger partial charge in [-0.15, -0.1) is 0 Å². The number of ether oxygens (including phenoxy) is 1. The Labute approximate surface area is 263 Å². The summed E-state index contributed by atoms with van der Waals surface area (Å²) in [5.74, 6) is -1.39. The van der Waals surface area contributed by atoms with Gasteiger partial charge in [0.25, 0.3) is 11.8 Å². The zero-order valence-corrected chi connectivity index (χ0v) is 26.1. The number of halogens is 3. The minimum Gasteiger partial charge on any atom is -0.435 e. The van der Waals surface area contributed by atoms with Gasteiger partial charge in [0.2, 0.25) is 5.76 Å². The van der Waals surface area contributed by atoms with E-state index in [1.54, 1.807) is 49.4 Å². The second-order valence-electron chi connectivity index (χ2n) is 11.3. The van der Waals surface area contributed by atoms with Gasteiger partial charge in [-0.2, -0.15) is 13.2 Å². The van der Waals surface area contributed by atoms with E-state index in [1.807, 2.05) is 41.3 Å². The molecule has 238 valence electrons. The van der Waals surface area contributed by atoms with Crippen molar-refractivity contribution in [1.29, 1.82) is 0 Å². The van der Waals surface area contributed by atoms with Gasteiger partial charge < -0.3 is 20.3 Å². The maximum absolute atomic E-state index is 13.8. The number of nitrogens with zero attached hydrogens (tertiary/aromatic N) is 1. The molecule has 1 saturated heterocycles. The third-order valence-electron chi connectivity index (χ3n) is 7.80. The van der Waals surface area contributed by atoms with E-state index in [0.717, 1.165) is 55.0 Å². The summed E-state index contributed by atoms with van der Waals surface area (Å²) in [4.78, 5) is 27.9. The Bertz CT molecular complexity index is 1540. The molecule has 1 atom stereocenters. The maximum Gasteiger partial charge on any atom is 0.416 e. The number of amides is 2. The van der Waals surface area contributed by atoms with Crippen molar-refractivity contribution in [2.24, 2.45) is 5.92 Å². The summed E-state index contributed by atoms with van der Waals surface area (Å²) in [5, 5.41) is 5.54. The largest absolute Gasteiger partial charge is 0.435 e. The van der Waals surface area contributed by atoms with E-state index in [0.29, 0.717) is 30.3 Å². The molecule has 1 aliphatic rings. The van der Waals surface area contributed by atoms with Gasteiger partial charge in [-0.25, -0.2) is 0 Å². The monoisotopic (exact) mass is 619 g/mol. The average Bonchev–Trinajstić information content (AvgIpc) is 3.02. The zero-order chi connectivity index (χ0) is 32.6. The summed E-state index contributed by atoms with van der Waals surface area (Å²) in [7, 11) is 0. The normalized spacial score (nSPS) is 16.1. The molecule has 0 radical (unpaired) electrons. The Kier molecular flexibility index (Phi) is 11.1. The first-order valence-electron chi connectivity index (χ1n) is 15.3. The summed E-state index contributed by atoms with van der Waals surface area (Å²) < 4.78 is 47.0. The zero-order valence-electron chi connectivity index (χ0n) is 26.1. The fourth-order valence-electron chi connectivity index (χ4n) is 5.29. The van der Waals surface area contributed by atoms with Gasteiger partial charge in [-0.1, -0.05) is 62.7 Å². The Morgan fingerprint density at radius 1 is 0.978 bits per heavy atom. The highest BCUT2D eigenvalue weighted by atomic mass is 19.4. The van der Waals surface area contributed by atoms with Crippen molar-refractivity contribution < 1.29 is 27.5 Å². The van der Waals surface area contributed by atoms with Gasteiger partial charge in [0.15, 0.2) is 5.88 Å². The van der Waals surface area contributed by atoms with Crippen molar-refractivity contribution in [3.63, 3.8) is 0 Å². The minimum atomic E-state index is -4.74. The van der Waals surface area contributed by atoms with E-state index in [1.165, 1.54) is 0 Å². The molecule has 3 aromatic rings. The van der Waals surface area contributed by atoms with Gasteiger partial charge in [-0.05, 0) is 92.1 Å². The van der Waals surface area contributed by atoms with Crippen LogP contribution in [0.5, 0.6) is 0 Å². The van der Waals surface area contributed by atoms with E-state index >= 15 is 0 Å². The Morgan fingerprint density at radius 2 is 1.62 bits per heavy atom. The topological polar surface area (TPSA) is 70.7 Å². The molecule has 0 aliphatic carbocycles. The summed E-state index contributed by atoms with van der Waals surface area (Å²) in [6.45, 7) is 7.97. The predicted octanol–water partition coefficient (Wildman–Crippen LogP) is 8.94. The number of hydrogen-bond donors (Lipinski definition) is 2. The fraction of sp³-hybridized carbons (Fsp3) is 0.333. The molecule has 2 amide bonds. The van der Waals surface area contributed by atoms with Crippen molar-refractivity contribution in [2.45, 2.75) is 59.6 Å². The first kappa shape index (κ1) is 33.4. The van der Waals surface area contributed by atoms with Gasteiger partial charge in [0, 0.05) is 30.0 Å². The summed E-state index contributed by atoms with van der Waals surface area (Å²) >= 11 is 0. The van der Waals surface area contributed by atoms with Crippen LogP contribution < -0.4 is 10.6 Å². The van der Waals surface area contributed by atoms with E-state index < -0.39 is 23.4 Å². The second kappa shape index (κ2) is 15.0. The Hall–Kier alpha value is -4.53. The van der Waals surface area contributed by atoms with Crippen LogP contribution in [0.3, 0.4) is 0 Å². The van der Waals surface area contributed by atoms with E-state index in [2.05, 4.69) is 24.5 Å². The van der Waals surface area contributed by atoms with Crippen LogP contribution in [0.1, 0.15) is 62.9 Å². The number of rotatable bonds is 10. The lowest BCUT2D eigenvalue weighted by Gasteiger charge is -2.34. The summed E-state index contributed by atoms with van der Waals surface area (Å²) in [6, 6.07) is 21.6. The van der Waals surface area contributed by atoms with Crippen LogP contribution in [0.25, 0.3) is 11.1 Å². The maximum atomic E-state index is 13.8. The highest BCUT2D eigenvalue weighted by molar-refractivity contribution is 6.05. The Balaban J connectivity index is 1.45. The highest BCUT2D eigenvalue weighted by Gasteiger charge is 2.37. The average molecular weight is 620 g/mol. The molecule has 9 heteroatoms. The van der Waals surface area contributed by atoms with Crippen molar-refractivity contribution in [3.8, 4) is 11.1 Å². The highest BCUT2D eigenvalue weighted by Crippen LogP contribution is 2.32. The lowest BCUT2D eigenvalue weighted by atomic mass is 10.0. The molecule has 1 unspecified atom stereocenters. The van der Waals surface area contributed by atoms with E-state index in [-0.39, 0.29) is 11.8 Å². The van der Waals surface area contributed by atoms with Gasteiger partial charge in [-0.3, -0.25) is 9.59 Å². The van der Waals surface area contributed by atoms with Crippen molar-refractivity contribution >= 4 is 23.2 Å². The molecule has 0 aromatic heterocycles. The number of likely N-dealkylation sites (tertiary alicyclic amines) is 1. The molecule has 1 aliphatic heterocycles. The number of hydrogen-bond acceptors (Lipinski definition) is 4. The molecule has 0 spiro atoms. The molecule has 1 heterocycles. The number of alkyl halides is 3. The fourth-order valence-corrected chi connectivity index (χ4v) is 5.29. The number of carbonyl (C=O) groups is 2. The molecule has 4 rings (SSSR count). The third-order valence-corrected chi connectivity index (χ3v) is 7.80. The number of piperidine rings is 1. The smallest absolute Gasteiger partial charge is 0.416 e. The number of nitrogens with one attached hydrogen (secondary N) is 2. The van der Waals surface area contributed by atoms with Crippen LogP contribution in [-0.2, 0) is 16.0 Å². The number of benzene rings is 3. The van der Waals surface area contributed by atoms with Gasteiger partial charge in [0.05, 0.1) is 5.57 Å². The molecule has 2 N–H and O–H groups in total. The first-order valence-corrected chi connectivity index (χ1v) is 15.3. The number of allylic oxidation sites excluding steroid dienone is 2. The third kappa shape index (κ3) is 8.77. The molecule has 6 nitrogen and oxygen atoms in total. The number of anilines is 2.